The maximum absolute atomic E-state index is 3.59. The summed E-state index contributed by atoms with van der Waals surface area (Å²) in [5.41, 5.74) is 12.1. The molecule has 0 radical (unpaired) electrons. The lowest BCUT2D eigenvalue weighted by Crippen LogP contribution is -2.05. The van der Waals surface area contributed by atoms with Crippen LogP contribution in [-0.2, 0) is 0 Å². The van der Waals surface area contributed by atoms with Gasteiger partial charge in [0.2, 0.25) is 0 Å². The van der Waals surface area contributed by atoms with Gasteiger partial charge in [0.25, 0.3) is 0 Å². The minimum atomic E-state index is 0.196. The van der Waals surface area contributed by atoms with E-state index in [0.717, 1.165) is 32.7 Å². The molecule has 0 saturated carbocycles. The Morgan fingerprint density at radius 1 is 0.419 bits per heavy atom. The monoisotopic (exact) mass is 513 g/mol. The summed E-state index contributed by atoms with van der Waals surface area (Å²) in [4.78, 5) is 8.44. The first-order valence-electron chi connectivity index (χ1n) is 10.9. The van der Waals surface area contributed by atoms with Crippen LogP contribution in [0.2, 0.25) is 0 Å². The van der Waals surface area contributed by atoms with Crippen molar-refractivity contribution in [2.45, 2.75) is 24.5 Å². The minimum Gasteiger partial charge on any atom is -0.289 e. The standard InChI is InChI=1S/C21H31N5S5/c1-6-27(12-22-1)17-11-18(28-7-2-23-13-28)20(30-9-4-25-15-30)21(31-10-5-26-16-31)19(17)29-8-3-24-14-29/h11-16,22-26H,1-10H2. The summed E-state index contributed by atoms with van der Waals surface area (Å²) in [5, 5.41) is 17.8. The SMILES string of the molecule is C1=S(c2cc(S3=CNCC3)c(S3=CNCC3)c(S3=CNCC3)c2S2=CNCC2)CCN1. The van der Waals surface area contributed by atoms with E-state index < -0.39 is 0 Å². The Morgan fingerprint density at radius 2 is 0.742 bits per heavy atom. The van der Waals surface area contributed by atoms with Crippen LogP contribution in [0.3, 0.4) is 0 Å². The fraction of sp³-hybridized carbons (Fsp3) is 0.476. The van der Waals surface area contributed by atoms with Gasteiger partial charge in [-0.3, -0.25) is 26.6 Å². The summed E-state index contributed by atoms with van der Waals surface area (Å²) in [6.45, 7) is 5.58. The molecule has 0 aromatic heterocycles. The highest BCUT2D eigenvalue weighted by molar-refractivity contribution is 8.21. The number of hydrogen-bond acceptors (Lipinski definition) is 5. The number of benzene rings is 1. The zero-order chi connectivity index (χ0) is 20.6. The van der Waals surface area contributed by atoms with E-state index in [0.29, 0.717) is 0 Å². The third kappa shape index (κ3) is 4.22. The third-order valence-corrected chi connectivity index (χ3v) is 16.5. The fourth-order valence-corrected chi connectivity index (χ4v) is 16.1. The second kappa shape index (κ2) is 9.77. The molecule has 5 unspecified atom stereocenters. The smallest absolute Gasteiger partial charge is 0.0312 e. The molecule has 5 nitrogen and oxygen atoms in total. The largest absolute Gasteiger partial charge is 0.289 e. The molecule has 0 amide bonds. The van der Waals surface area contributed by atoms with Gasteiger partial charge in [-0.2, -0.15) is 0 Å². The number of rotatable bonds is 5. The zero-order valence-electron chi connectivity index (χ0n) is 17.6. The van der Waals surface area contributed by atoms with Crippen molar-refractivity contribution in [3.8, 4) is 0 Å². The Balaban J connectivity index is 1.70. The average molecular weight is 514 g/mol. The Labute approximate surface area is 197 Å². The van der Waals surface area contributed by atoms with Crippen molar-refractivity contribution in [2.75, 3.05) is 61.5 Å². The van der Waals surface area contributed by atoms with Gasteiger partial charge in [0.15, 0.2) is 0 Å². The molecule has 0 bridgehead atoms. The minimum absolute atomic E-state index is 0.196. The number of nitrogens with one attached hydrogen (secondary N) is 5. The average Bonchev–Trinajstić information content (AvgIpc) is 3.65. The second-order valence-corrected chi connectivity index (χ2v) is 17.5. The first-order valence-corrected chi connectivity index (χ1v) is 18.2. The highest BCUT2D eigenvalue weighted by Crippen LogP contribution is 2.56. The van der Waals surface area contributed by atoms with Crippen LogP contribution in [0, 0.1) is 0 Å². The van der Waals surface area contributed by atoms with E-state index in [9.17, 15) is 0 Å². The maximum atomic E-state index is 3.59. The molecule has 1 aromatic carbocycles. The lowest BCUT2D eigenvalue weighted by molar-refractivity contribution is 0.946. The van der Waals surface area contributed by atoms with Gasteiger partial charge in [-0.25, -0.2) is 0 Å². The summed E-state index contributed by atoms with van der Waals surface area (Å²) in [6.07, 6.45) is 0. The Hall–Kier alpha value is 0.120. The highest BCUT2D eigenvalue weighted by Gasteiger charge is 2.29. The van der Waals surface area contributed by atoms with Crippen LogP contribution in [0.5, 0.6) is 0 Å². The summed E-state index contributed by atoms with van der Waals surface area (Å²) in [5.74, 6) is 6.26. The van der Waals surface area contributed by atoms with E-state index in [1.54, 1.807) is 24.5 Å². The van der Waals surface area contributed by atoms with E-state index in [1.807, 2.05) is 0 Å². The summed E-state index contributed by atoms with van der Waals surface area (Å²) >= 11 is 0. The van der Waals surface area contributed by atoms with Gasteiger partial charge >= 0.3 is 0 Å². The molecule has 5 aliphatic heterocycles. The molecule has 5 aliphatic rings. The van der Waals surface area contributed by atoms with Crippen molar-refractivity contribution in [1.82, 2.24) is 26.6 Å². The van der Waals surface area contributed by atoms with Gasteiger partial charge in [0.1, 0.15) is 0 Å². The molecule has 6 rings (SSSR count). The molecule has 5 atom stereocenters. The lowest BCUT2D eigenvalue weighted by Gasteiger charge is -2.26. The van der Waals surface area contributed by atoms with Crippen molar-refractivity contribution in [3.63, 3.8) is 0 Å². The van der Waals surface area contributed by atoms with Crippen LogP contribution in [0.1, 0.15) is 0 Å². The topological polar surface area (TPSA) is 60.1 Å². The van der Waals surface area contributed by atoms with Gasteiger partial charge in [-0.15, -0.1) is 52.4 Å². The van der Waals surface area contributed by atoms with Crippen molar-refractivity contribution >= 4 is 79.9 Å². The molecule has 0 saturated heterocycles. The van der Waals surface area contributed by atoms with Crippen LogP contribution in [0.25, 0.3) is 0 Å². The Bertz CT molecular complexity index is 1020. The molecule has 1 aromatic rings. The fourth-order valence-electron chi connectivity index (χ4n) is 4.47. The van der Waals surface area contributed by atoms with Gasteiger partial charge in [-0.1, -0.05) is 0 Å². The molecular weight excluding hydrogens is 483 g/mol. The van der Waals surface area contributed by atoms with Gasteiger partial charge in [0.05, 0.1) is 0 Å². The summed E-state index contributed by atoms with van der Waals surface area (Å²) in [6, 6.07) is 2.68. The quantitative estimate of drug-likeness (QED) is 0.388. The second-order valence-electron chi connectivity index (χ2n) is 7.88. The predicted molar refractivity (Wildman–Crippen MR) is 150 cm³/mol. The lowest BCUT2D eigenvalue weighted by atomic mass is 10.3. The van der Waals surface area contributed by atoms with E-state index >= 15 is 0 Å². The molecule has 31 heavy (non-hydrogen) atoms. The van der Waals surface area contributed by atoms with Gasteiger partial charge in [0, 0.05) is 113 Å². The molecule has 0 aliphatic carbocycles. The van der Waals surface area contributed by atoms with Crippen LogP contribution in [0.4, 0.5) is 0 Å². The molecular formula is C21H31N5S5. The van der Waals surface area contributed by atoms with Gasteiger partial charge < -0.3 is 0 Å². The van der Waals surface area contributed by atoms with Crippen molar-refractivity contribution in [1.29, 1.82) is 0 Å². The number of hydrogen-bond donors (Lipinski definition) is 5. The molecule has 10 heteroatoms. The van der Waals surface area contributed by atoms with Crippen LogP contribution >= 0.6 is 52.4 Å². The van der Waals surface area contributed by atoms with E-state index in [1.165, 1.54) is 28.8 Å². The Morgan fingerprint density at radius 3 is 1.06 bits per heavy atom. The first-order chi connectivity index (χ1) is 15.4. The molecule has 0 fully saturated rings. The van der Waals surface area contributed by atoms with E-state index in [4.69, 9.17) is 0 Å². The highest BCUT2D eigenvalue weighted by atomic mass is 32.2. The van der Waals surface area contributed by atoms with Crippen LogP contribution < -0.4 is 26.6 Å². The first kappa shape index (κ1) is 21.6. The molecule has 5 heterocycles. The predicted octanol–water partition coefficient (Wildman–Crippen LogP) is 1.64. The Kier molecular flexibility index (Phi) is 6.82. The molecule has 5 N–H and O–H groups in total. The van der Waals surface area contributed by atoms with Crippen molar-refractivity contribution < 1.29 is 0 Å². The van der Waals surface area contributed by atoms with E-state index in [-0.39, 0.29) is 52.4 Å². The third-order valence-electron chi connectivity index (χ3n) is 5.93. The molecule has 170 valence electrons. The summed E-state index contributed by atoms with van der Waals surface area (Å²) in [7, 11) is 1.03. The summed E-state index contributed by atoms with van der Waals surface area (Å²) < 4.78 is 0. The molecule has 0 spiro atoms. The van der Waals surface area contributed by atoms with Crippen molar-refractivity contribution in [3.05, 3.63) is 6.07 Å². The normalized spacial score (nSPS) is 34.8. The van der Waals surface area contributed by atoms with Crippen molar-refractivity contribution in [2.24, 2.45) is 0 Å². The zero-order valence-corrected chi connectivity index (χ0v) is 21.7. The van der Waals surface area contributed by atoms with E-state index in [2.05, 4.69) is 60.1 Å². The van der Waals surface area contributed by atoms with Crippen LogP contribution in [0.15, 0.2) is 30.5 Å². The van der Waals surface area contributed by atoms with Crippen LogP contribution in [-0.4, -0.2) is 88.9 Å². The van der Waals surface area contributed by atoms with Gasteiger partial charge in [-0.05, 0) is 6.07 Å². The maximum Gasteiger partial charge on any atom is 0.0312 e.